The molecule has 0 saturated carbocycles. The lowest BCUT2D eigenvalue weighted by Crippen LogP contribution is -2.07. The summed E-state index contributed by atoms with van der Waals surface area (Å²) >= 11 is 1.18. The Morgan fingerprint density at radius 3 is 2.59 bits per heavy atom. The molecule has 0 atom stereocenters. The van der Waals surface area contributed by atoms with Gasteiger partial charge in [-0.25, -0.2) is 0 Å². The normalized spacial score (nSPS) is 11.5. The molecule has 0 amide bonds. The van der Waals surface area contributed by atoms with Gasteiger partial charge in [-0.15, -0.1) is 11.8 Å². The smallest absolute Gasteiger partial charge is 0.298 e. The first kappa shape index (κ1) is 14.1. The molecule has 0 saturated heterocycles. The first-order chi connectivity index (χ1) is 7.99. The second kappa shape index (κ2) is 6.10. The van der Waals surface area contributed by atoms with Crippen LogP contribution in [0.1, 0.15) is 35.7 Å². The molecule has 0 bridgehead atoms. The van der Waals surface area contributed by atoms with Crippen molar-refractivity contribution in [1.29, 1.82) is 0 Å². The van der Waals surface area contributed by atoms with Crippen LogP contribution in [-0.4, -0.2) is 12.0 Å². The summed E-state index contributed by atoms with van der Waals surface area (Å²) in [5, 5.41) is 0. The van der Waals surface area contributed by atoms with Crippen LogP contribution in [0.2, 0.25) is 0 Å². The summed E-state index contributed by atoms with van der Waals surface area (Å²) in [4.78, 5) is 10.7. The van der Waals surface area contributed by atoms with Crippen molar-refractivity contribution in [2.75, 3.05) is 5.75 Å². The number of alkyl halides is 3. The molecule has 0 aromatic heterocycles. The molecule has 0 spiro atoms. The molecule has 0 heterocycles. The molecule has 1 aromatic carbocycles. The van der Waals surface area contributed by atoms with Crippen LogP contribution in [0.15, 0.2) is 23.1 Å². The Morgan fingerprint density at radius 1 is 1.35 bits per heavy atom. The van der Waals surface area contributed by atoms with Gasteiger partial charge in [0.05, 0.1) is 5.56 Å². The van der Waals surface area contributed by atoms with Gasteiger partial charge in [-0.05, 0) is 24.3 Å². The summed E-state index contributed by atoms with van der Waals surface area (Å²) in [7, 11) is 0. The highest BCUT2D eigenvalue weighted by Gasteiger charge is 2.33. The molecule has 1 rings (SSSR count). The molecule has 0 N–H and O–H groups in total. The van der Waals surface area contributed by atoms with Crippen molar-refractivity contribution in [3.8, 4) is 0 Å². The van der Waals surface area contributed by atoms with Crippen molar-refractivity contribution in [1.82, 2.24) is 0 Å². The fraction of sp³-hybridized carbons (Fsp3) is 0.417. The summed E-state index contributed by atoms with van der Waals surface area (Å²) in [6, 6.07) is 3.69. The van der Waals surface area contributed by atoms with E-state index in [1.807, 2.05) is 6.92 Å². The number of unbranched alkanes of at least 4 members (excludes halogenated alkanes) is 1. The first-order valence-electron chi connectivity index (χ1n) is 5.28. The van der Waals surface area contributed by atoms with E-state index in [1.54, 1.807) is 0 Å². The summed E-state index contributed by atoms with van der Waals surface area (Å²) in [6.07, 6.45) is -2.17. The van der Waals surface area contributed by atoms with E-state index in [4.69, 9.17) is 0 Å². The van der Waals surface area contributed by atoms with Crippen molar-refractivity contribution in [3.05, 3.63) is 29.3 Å². The van der Waals surface area contributed by atoms with Gasteiger partial charge in [0.25, 0.3) is 0 Å². The molecule has 5 heteroatoms. The van der Waals surface area contributed by atoms with Crippen molar-refractivity contribution < 1.29 is 18.0 Å². The molecule has 17 heavy (non-hydrogen) atoms. The number of rotatable bonds is 5. The van der Waals surface area contributed by atoms with Gasteiger partial charge in [0.2, 0.25) is 0 Å². The molecule has 0 aliphatic carbocycles. The minimum absolute atomic E-state index is 0.0529. The van der Waals surface area contributed by atoms with Gasteiger partial charge in [0.1, 0.15) is 6.29 Å². The van der Waals surface area contributed by atoms with Crippen LogP contribution in [0, 0.1) is 0 Å². The molecular formula is C12H13F3OS. The summed E-state index contributed by atoms with van der Waals surface area (Å²) in [5.41, 5.74) is -0.666. The van der Waals surface area contributed by atoms with Gasteiger partial charge < -0.3 is 0 Å². The number of hydrogen-bond donors (Lipinski definition) is 0. The van der Waals surface area contributed by atoms with Crippen molar-refractivity contribution in [3.63, 3.8) is 0 Å². The lowest BCUT2D eigenvalue weighted by atomic mass is 10.1. The predicted molar refractivity (Wildman–Crippen MR) is 62.5 cm³/mol. The summed E-state index contributed by atoms with van der Waals surface area (Å²) in [6.45, 7) is 1.99. The average Bonchev–Trinajstić information content (AvgIpc) is 2.28. The number of hydrogen-bond acceptors (Lipinski definition) is 2. The maximum Gasteiger partial charge on any atom is 0.417 e. The molecular weight excluding hydrogens is 249 g/mol. The van der Waals surface area contributed by atoms with E-state index in [9.17, 15) is 18.0 Å². The van der Waals surface area contributed by atoms with E-state index in [-0.39, 0.29) is 10.5 Å². The summed E-state index contributed by atoms with van der Waals surface area (Å²) in [5.74, 6) is 0.653. The summed E-state index contributed by atoms with van der Waals surface area (Å²) < 4.78 is 38.2. The Labute approximate surface area is 102 Å². The molecule has 94 valence electrons. The number of halogens is 3. The molecule has 0 aliphatic rings. The molecule has 0 fully saturated rings. The predicted octanol–water partition coefficient (Wildman–Crippen LogP) is 4.41. The Kier molecular flexibility index (Phi) is 5.05. The Hall–Kier alpha value is -0.970. The highest BCUT2D eigenvalue weighted by atomic mass is 32.2. The minimum Gasteiger partial charge on any atom is -0.298 e. The minimum atomic E-state index is -4.41. The van der Waals surface area contributed by atoms with Crippen LogP contribution in [0.3, 0.4) is 0 Å². The van der Waals surface area contributed by atoms with E-state index >= 15 is 0 Å². The zero-order valence-corrected chi connectivity index (χ0v) is 10.2. The van der Waals surface area contributed by atoms with Gasteiger partial charge >= 0.3 is 6.18 Å². The van der Waals surface area contributed by atoms with Crippen molar-refractivity contribution in [2.45, 2.75) is 30.8 Å². The van der Waals surface area contributed by atoms with Gasteiger partial charge in [-0.2, -0.15) is 13.2 Å². The van der Waals surface area contributed by atoms with Gasteiger partial charge in [-0.1, -0.05) is 19.4 Å². The van der Waals surface area contributed by atoms with Crippen molar-refractivity contribution in [2.24, 2.45) is 0 Å². The SMILES string of the molecule is CCCCSc1ccc(C=O)cc1C(F)(F)F. The first-order valence-corrected chi connectivity index (χ1v) is 6.26. The van der Waals surface area contributed by atoms with Gasteiger partial charge in [0.15, 0.2) is 0 Å². The third-order valence-corrected chi connectivity index (χ3v) is 3.36. The second-order valence-corrected chi connectivity index (χ2v) is 4.71. The van der Waals surface area contributed by atoms with Crippen LogP contribution in [0.5, 0.6) is 0 Å². The highest BCUT2D eigenvalue weighted by Crippen LogP contribution is 2.37. The topological polar surface area (TPSA) is 17.1 Å². The molecule has 0 radical (unpaired) electrons. The van der Waals surface area contributed by atoms with Gasteiger partial charge in [0, 0.05) is 10.5 Å². The molecule has 0 unspecified atom stereocenters. The van der Waals surface area contributed by atoms with Crippen LogP contribution < -0.4 is 0 Å². The lowest BCUT2D eigenvalue weighted by molar-refractivity contribution is -0.139. The Morgan fingerprint density at radius 2 is 2.06 bits per heavy atom. The van der Waals surface area contributed by atoms with E-state index in [2.05, 4.69) is 0 Å². The number of carbonyl (C=O) groups excluding carboxylic acids is 1. The number of aldehydes is 1. The Balaban J connectivity index is 2.98. The zero-order valence-electron chi connectivity index (χ0n) is 9.38. The van der Waals surface area contributed by atoms with E-state index in [0.29, 0.717) is 12.0 Å². The molecule has 0 aliphatic heterocycles. The lowest BCUT2D eigenvalue weighted by Gasteiger charge is -2.12. The average molecular weight is 262 g/mol. The number of benzene rings is 1. The zero-order chi connectivity index (χ0) is 12.9. The Bertz CT molecular complexity index is 388. The highest BCUT2D eigenvalue weighted by molar-refractivity contribution is 7.99. The van der Waals surface area contributed by atoms with E-state index in [1.165, 1.54) is 23.9 Å². The van der Waals surface area contributed by atoms with Gasteiger partial charge in [-0.3, -0.25) is 4.79 Å². The second-order valence-electron chi connectivity index (χ2n) is 3.57. The molecule has 1 aromatic rings. The fourth-order valence-electron chi connectivity index (χ4n) is 1.29. The number of thioether (sulfide) groups is 1. The van der Waals surface area contributed by atoms with E-state index in [0.717, 1.165) is 18.9 Å². The number of carbonyl (C=O) groups is 1. The van der Waals surface area contributed by atoms with Crippen LogP contribution in [-0.2, 0) is 6.18 Å². The maximum absolute atomic E-state index is 12.7. The fourth-order valence-corrected chi connectivity index (χ4v) is 2.44. The van der Waals surface area contributed by atoms with Crippen LogP contribution in [0.4, 0.5) is 13.2 Å². The largest absolute Gasteiger partial charge is 0.417 e. The van der Waals surface area contributed by atoms with Crippen LogP contribution in [0.25, 0.3) is 0 Å². The molecule has 1 nitrogen and oxygen atoms in total. The maximum atomic E-state index is 12.7. The van der Waals surface area contributed by atoms with E-state index < -0.39 is 11.7 Å². The monoisotopic (exact) mass is 262 g/mol. The van der Waals surface area contributed by atoms with Crippen LogP contribution >= 0.6 is 11.8 Å². The third-order valence-electron chi connectivity index (χ3n) is 2.20. The van der Waals surface area contributed by atoms with Crippen molar-refractivity contribution >= 4 is 18.0 Å². The quantitative estimate of drug-likeness (QED) is 0.444. The third kappa shape index (κ3) is 4.07. The standard InChI is InChI=1S/C12H13F3OS/c1-2-3-6-17-11-5-4-9(8-16)7-10(11)12(13,14)15/h4-5,7-8H,2-3,6H2,1H3.